The molecular weight excluding hydrogens is 350 g/mol. The molecule has 148 valence electrons. The summed E-state index contributed by atoms with van der Waals surface area (Å²) >= 11 is 0. The molecule has 0 unspecified atom stereocenters. The molecule has 0 saturated carbocycles. The van der Waals surface area contributed by atoms with Gasteiger partial charge in [-0.05, 0) is 43.2 Å². The highest BCUT2D eigenvalue weighted by atomic mass is 16.2. The summed E-state index contributed by atoms with van der Waals surface area (Å²) < 4.78 is 0. The molecule has 2 aromatic rings. The Hall–Kier alpha value is -2.66. The molecule has 0 aliphatic carbocycles. The van der Waals surface area contributed by atoms with Crippen LogP contribution < -0.4 is 5.73 Å². The molecule has 1 heterocycles. The molecule has 0 spiro atoms. The predicted octanol–water partition coefficient (Wildman–Crippen LogP) is 3.13. The highest BCUT2D eigenvalue weighted by Gasteiger charge is 2.34. The quantitative estimate of drug-likeness (QED) is 0.839. The summed E-state index contributed by atoms with van der Waals surface area (Å²) in [6.45, 7) is 6.61. The van der Waals surface area contributed by atoms with Crippen LogP contribution >= 0.6 is 0 Å². The molecule has 2 amide bonds. The Balaban J connectivity index is 1.69. The second-order valence-corrected chi connectivity index (χ2v) is 7.35. The first-order chi connectivity index (χ1) is 13.5. The molecule has 5 nitrogen and oxygen atoms in total. The summed E-state index contributed by atoms with van der Waals surface area (Å²) in [4.78, 5) is 29.1. The fourth-order valence-corrected chi connectivity index (χ4v) is 3.84. The molecule has 1 fully saturated rings. The monoisotopic (exact) mass is 379 g/mol. The molecule has 1 aliphatic heterocycles. The van der Waals surface area contributed by atoms with Crippen LogP contribution in [0.15, 0.2) is 54.6 Å². The number of hydrogen-bond donors (Lipinski definition) is 1. The van der Waals surface area contributed by atoms with Crippen LogP contribution in [-0.2, 0) is 0 Å². The van der Waals surface area contributed by atoms with Crippen LogP contribution in [0.3, 0.4) is 0 Å². The number of likely N-dealkylation sites (tertiary alicyclic amines) is 1. The van der Waals surface area contributed by atoms with Gasteiger partial charge in [0.25, 0.3) is 11.8 Å². The number of nitrogens with zero attached hydrogens (tertiary/aromatic N) is 2. The Kier molecular flexibility index (Phi) is 6.47. The lowest BCUT2D eigenvalue weighted by Gasteiger charge is -2.20. The summed E-state index contributed by atoms with van der Waals surface area (Å²) in [5.41, 5.74) is 8.69. The second-order valence-electron chi connectivity index (χ2n) is 7.35. The summed E-state index contributed by atoms with van der Waals surface area (Å²) in [5.74, 6) is 0.127. The molecule has 2 aromatic carbocycles. The molecule has 0 bridgehead atoms. The van der Waals surface area contributed by atoms with E-state index in [1.54, 1.807) is 24.3 Å². The van der Waals surface area contributed by atoms with E-state index in [0.717, 1.165) is 13.0 Å². The minimum atomic E-state index is -0.0700. The number of carbonyl (C=O) groups excluding carboxylic acids is 2. The molecular formula is C23H29N3O2. The zero-order valence-electron chi connectivity index (χ0n) is 16.7. The van der Waals surface area contributed by atoms with Crippen molar-refractivity contribution in [3.8, 4) is 0 Å². The number of amides is 2. The lowest BCUT2D eigenvalue weighted by molar-refractivity contribution is 0.0759. The zero-order chi connectivity index (χ0) is 20.1. The van der Waals surface area contributed by atoms with Gasteiger partial charge in [-0.3, -0.25) is 9.59 Å². The fourth-order valence-electron chi connectivity index (χ4n) is 3.84. The highest BCUT2D eigenvalue weighted by Crippen LogP contribution is 2.27. The van der Waals surface area contributed by atoms with Gasteiger partial charge in [-0.1, -0.05) is 37.3 Å². The SMILES string of the molecule is CCCN(CC)C(=O)c1ccc(C(=O)N2C[C@@H](N)[C@H](c3ccccc3)C2)cc1. The first-order valence-corrected chi connectivity index (χ1v) is 10.0. The molecule has 0 aromatic heterocycles. The van der Waals surface area contributed by atoms with Gasteiger partial charge >= 0.3 is 0 Å². The molecule has 28 heavy (non-hydrogen) atoms. The molecule has 5 heteroatoms. The van der Waals surface area contributed by atoms with Crippen LogP contribution in [0.1, 0.15) is 52.5 Å². The normalized spacial score (nSPS) is 18.9. The van der Waals surface area contributed by atoms with Gasteiger partial charge in [0.1, 0.15) is 0 Å². The molecule has 1 aliphatic rings. The van der Waals surface area contributed by atoms with Crippen LogP contribution in [0.2, 0.25) is 0 Å². The maximum absolute atomic E-state index is 12.9. The summed E-state index contributed by atoms with van der Waals surface area (Å²) in [7, 11) is 0. The first-order valence-electron chi connectivity index (χ1n) is 10.0. The van der Waals surface area contributed by atoms with Crippen molar-refractivity contribution >= 4 is 11.8 Å². The Morgan fingerprint density at radius 2 is 1.64 bits per heavy atom. The maximum atomic E-state index is 12.9. The molecule has 1 saturated heterocycles. The third kappa shape index (κ3) is 4.25. The van der Waals surface area contributed by atoms with E-state index >= 15 is 0 Å². The van der Waals surface area contributed by atoms with E-state index in [1.165, 1.54) is 5.56 Å². The molecule has 2 atom stereocenters. The van der Waals surface area contributed by atoms with Gasteiger partial charge in [0.15, 0.2) is 0 Å². The van der Waals surface area contributed by atoms with Gasteiger partial charge in [0, 0.05) is 49.3 Å². The van der Waals surface area contributed by atoms with Crippen LogP contribution in [-0.4, -0.2) is 53.8 Å². The van der Waals surface area contributed by atoms with Gasteiger partial charge < -0.3 is 15.5 Å². The third-order valence-corrected chi connectivity index (χ3v) is 5.42. The standard InChI is InChI=1S/C23H29N3O2/c1-3-14-25(4-2)22(27)18-10-12-19(13-11-18)23(28)26-15-20(21(24)16-26)17-8-6-5-7-9-17/h5-13,20-21H,3-4,14-16,24H2,1-2H3/t20-,21+/m0/s1. The van der Waals surface area contributed by atoms with E-state index in [-0.39, 0.29) is 23.8 Å². The van der Waals surface area contributed by atoms with E-state index < -0.39 is 0 Å². The van der Waals surface area contributed by atoms with Crippen molar-refractivity contribution in [1.82, 2.24) is 9.80 Å². The van der Waals surface area contributed by atoms with E-state index in [9.17, 15) is 9.59 Å². The van der Waals surface area contributed by atoms with Gasteiger partial charge in [-0.15, -0.1) is 0 Å². The third-order valence-electron chi connectivity index (χ3n) is 5.42. The van der Waals surface area contributed by atoms with Crippen molar-refractivity contribution in [1.29, 1.82) is 0 Å². The smallest absolute Gasteiger partial charge is 0.253 e. The van der Waals surface area contributed by atoms with E-state index in [0.29, 0.717) is 30.8 Å². The molecule has 3 rings (SSSR count). The van der Waals surface area contributed by atoms with E-state index in [2.05, 4.69) is 19.1 Å². The van der Waals surface area contributed by atoms with Crippen molar-refractivity contribution in [3.05, 3.63) is 71.3 Å². The number of hydrogen-bond acceptors (Lipinski definition) is 3. The minimum absolute atomic E-state index is 0.00989. The largest absolute Gasteiger partial charge is 0.339 e. The fraction of sp³-hybridized carbons (Fsp3) is 0.391. The molecule has 2 N–H and O–H groups in total. The Morgan fingerprint density at radius 1 is 1.00 bits per heavy atom. The number of nitrogens with two attached hydrogens (primary N) is 1. The van der Waals surface area contributed by atoms with Crippen molar-refractivity contribution in [3.63, 3.8) is 0 Å². The van der Waals surface area contributed by atoms with Gasteiger partial charge in [-0.25, -0.2) is 0 Å². The van der Waals surface area contributed by atoms with Gasteiger partial charge in [-0.2, -0.15) is 0 Å². The zero-order valence-corrected chi connectivity index (χ0v) is 16.7. The van der Waals surface area contributed by atoms with Crippen molar-refractivity contribution < 1.29 is 9.59 Å². The Labute approximate surface area is 167 Å². The average molecular weight is 380 g/mol. The average Bonchev–Trinajstić information content (AvgIpc) is 3.13. The first kappa shape index (κ1) is 20.1. The Morgan fingerprint density at radius 3 is 2.25 bits per heavy atom. The molecule has 0 radical (unpaired) electrons. The number of carbonyl (C=O) groups is 2. The highest BCUT2D eigenvalue weighted by molar-refractivity contribution is 5.98. The summed E-state index contributed by atoms with van der Waals surface area (Å²) in [5, 5.41) is 0. The van der Waals surface area contributed by atoms with E-state index in [4.69, 9.17) is 5.73 Å². The second kappa shape index (κ2) is 9.02. The number of benzene rings is 2. The lowest BCUT2D eigenvalue weighted by Crippen LogP contribution is -2.32. The van der Waals surface area contributed by atoms with Gasteiger partial charge in [0.2, 0.25) is 0 Å². The van der Waals surface area contributed by atoms with Crippen molar-refractivity contribution in [2.75, 3.05) is 26.2 Å². The summed E-state index contributed by atoms with van der Waals surface area (Å²) in [6, 6.07) is 17.0. The van der Waals surface area contributed by atoms with Gasteiger partial charge in [0.05, 0.1) is 0 Å². The lowest BCUT2D eigenvalue weighted by atomic mass is 9.95. The van der Waals surface area contributed by atoms with Crippen LogP contribution in [0.5, 0.6) is 0 Å². The summed E-state index contributed by atoms with van der Waals surface area (Å²) in [6.07, 6.45) is 0.925. The van der Waals surface area contributed by atoms with Crippen molar-refractivity contribution in [2.24, 2.45) is 5.73 Å². The Bertz CT molecular complexity index is 804. The predicted molar refractivity (Wildman–Crippen MR) is 111 cm³/mol. The minimum Gasteiger partial charge on any atom is -0.339 e. The van der Waals surface area contributed by atoms with Crippen LogP contribution in [0, 0.1) is 0 Å². The van der Waals surface area contributed by atoms with E-state index in [1.807, 2.05) is 34.9 Å². The van der Waals surface area contributed by atoms with Crippen molar-refractivity contribution in [2.45, 2.75) is 32.2 Å². The maximum Gasteiger partial charge on any atom is 0.253 e. The van der Waals surface area contributed by atoms with Crippen LogP contribution in [0.25, 0.3) is 0 Å². The topological polar surface area (TPSA) is 66.6 Å². The number of rotatable bonds is 6. The van der Waals surface area contributed by atoms with Crippen LogP contribution in [0.4, 0.5) is 0 Å².